The summed E-state index contributed by atoms with van der Waals surface area (Å²) in [6, 6.07) is 4.09. The maximum absolute atomic E-state index is 12.4. The standard InChI is InChI=1S/C16H25N3OS/c1-4-6-17-15-9-12(8-14(19-15)11(2)3)16(20)18-13-5-7-21-10-13/h8-9,11,13H,4-7,10H2,1-3H3,(H,17,19)(H,18,20). The molecule has 0 aromatic carbocycles. The summed E-state index contributed by atoms with van der Waals surface area (Å²) in [5.74, 6) is 3.29. The van der Waals surface area contributed by atoms with Gasteiger partial charge in [-0.25, -0.2) is 4.98 Å². The van der Waals surface area contributed by atoms with Gasteiger partial charge in [-0.15, -0.1) is 0 Å². The molecule has 2 N–H and O–H groups in total. The van der Waals surface area contributed by atoms with Gasteiger partial charge < -0.3 is 10.6 Å². The van der Waals surface area contributed by atoms with Gasteiger partial charge in [-0.2, -0.15) is 11.8 Å². The van der Waals surface area contributed by atoms with Crippen LogP contribution in [0.1, 0.15) is 55.6 Å². The number of hydrogen-bond donors (Lipinski definition) is 2. The van der Waals surface area contributed by atoms with Crippen molar-refractivity contribution in [2.45, 2.75) is 45.6 Å². The van der Waals surface area contributed by atoms with E-state index in [4.69, 9.17) is 0 Å². The van der Waals surface area contributed by atoms with Crippen molar-refractivity contribution < 1.29 is 4.79 Å². The van der Waals surface area contributed by atoms with E-state index in [9.17, 15) is 4.79 Å². The molecule has 21 heavy (non-hydrogen) atoms. The normalized spacial score (nSPS) is 18.0. The minimum Gasteiger partial charge on any atom is -0.370 e. The van der Waals surface area contributed by atoms with Gasteiger partial charge in [-0.05, 0) is 36.6 Å². The van der Waals surface area contributed by atoms with Crippen molar-refractivity contribution in [1.29, 1.82) is 0 Å². The molecule has 1 atom stereocenters. The smallest absolute Gasteiger partial charge is 0.251 e. The highest BCUT2D eigenvalue weighted by Crippen LogP contribution is 2.20. The van der Waals surface area contributed by atoms with Gasteiger partial charge in [0.2, 0.25) is 0 Å². The first kappa shape index (κ1) is 16.1. The number of pyridine rings is 1. The summed E-state index contributed by atoms with van der Waals surface area (Å²) >= 11 is 1.90. The predicted octanol–water partition coefficient (Wildman–Crippen LogP) is 3.26. The van der Waals surface area contributed by atoms with Gasteiger partial charge in [0.05, 0.1) is 0 Å². The fourth-order valence-electron chi connectivity index (χ4n) is 2.24. The van der Waals surface area contributed by atoms with Crippen molar-refractivity contribution >= 4 is 23.5 Å². The number of rotatable bonds is 6. The zero-order valence-electron chi connectivity index (χ0n) is 13.1. The highest BCUT2D eigenvalue weighted by atomic mass is 32.2. The largest absolute Gasteiger partial charge is 0.370 e. The second kappa shape index (κ2) is 7.69. The maximum Gasteiger partial charge on any atom is 0.251 e. The number of aromatic nitrogens is 1. The summed E-state index contributed by atoms with van der Waals surface area (Å²) in [6.07, 6.45) is 2.11. The van der Waals surface area contributed by atoms with Gasteiger partial charge in [0.15, 0.2) is 0 Å². The van der Waals surface area contributed by atoms with Crippen LogP contribution in [0.5, 0.6) is 0 Å². The van der Waals surface area contributed by atoms with Crippen LogP contribution in [-0.2, 0) is 0 Å². The van der Waals surface area contributed by atoms with E-state index < -0.39 is 0 Å². The summed E-state index contributed by atoms with van der Waals surface area (Å²) in [4.78, 5) is 17.0. The van der Waals surface area contributed by atoms with Gasteiger partial charge >= 0.3 is 0 Å². The van der Waals surface area contributed by atoms with Crippen LogP contribution in [0.2, 0.25) is 0 Å². The Morgan fingerprint density at radius 1 is 1.48 bits per heavy atom. The molecule has 0 saturated carbocycles. The van der Waals surface area contributed by atoms with Crippen LogP contribution in [0.15, 0.2) is 12.1 Å². The Hall–Kier alpha value is -1.23. The highest BCUT2D eigenvalue weighted by Gasteiger charge is 2.19. The van der Waals surface area contributed by atoms with Crippen molar-refractivity contribution in [3.63, 3.8) is 0 Å². The fraction of sp³-hybridized carbons (Fsp3) is 0.625. The first-order valence-electron chi connectivity index (χ1n) is 7.74. The van der Waals surface area contributed by atoms with Crippen LogP contribution in [0.3, 0.4) is 0 Å². The van der Waals surface area contributed by atoms with Crippen molar-refractivity contribution in [3.8, 4) is 0 Å². The predicted molar refractivity (Wildman–Crippen MR) is 90.3 cm³/mol. The number of nitrogens with zero attached hydrogens (tertiary/aromatic N) is 1. The second-order valence-electron chi connectivity index (χ2n) is 5.78. The van der Waals surface area contributed by atoms with Crippen LogP contribution in [0.25, 0.3) is 0 Å². The van der Waals surface area contributed by atoms with Crippen LogP contribution in [0, 0.1) is 0 Å². The zero-order chi connectivity index (χ0) is 15.2. The van der Waals surface area contributed by atoms with E-state index in [0.29, 0.717) is 17.5 Å². The van der Waals surface area contributed by atoms with Crippen molar-refractivity contribution in [1.82, 2.24) is 10.3 Å². The lowest BCUT2D eigenvalue weighted by Gasteiger charge is -2.14. The molecule has 0 bridgehead atoms. The molecule has 1 aromatic rings. The quantitative estimate of drug-likeness (QED) is 0.847. The Labute approximate surface area is 131 Å². The summed E-state index contributed by atoms with van der Waals surface area (Å²) in [6.45, 7) is 7.18. The number of carbonyl (C=O) groups is 1. The van der Waals surface area contributed by atoms with Gasteiger partial charge in [-0.3, -0.25) is 4.79 Å². The third kappa shape index (κ3) is 4.63. The van der Waals surface area contributed by atoms with Gasteiger partial charge in [0.1, 0.15) is 5.82 Å². The Morgan fingerprint density at radius 3 is 2.90 bits per heavy atom. The molecule has 2 rings (SSSR count). The summed E-state index contributed by atoms with van der Waals surface area (Å²) in [5.41, 5.74) is 1.67. The number of amides is 1. The minimum absolute atomic E-state index is 0.0198. The van der Waals surface area contributed by atoms with E-state index >= 15 is 0 Å². The molecule has 1 aliphatic rings. The van der Waals surface area contributed by atoms with Crippen LogP contribution in [-0.4, -0.2) is 35.0 Å². The van der Waals surface area contributed by atoms with Gasteiger partial charge in [-0.1, -0.05) is 20.8 Å². The Morgan fingerprint density at radius 2 is 2.29 bits per heavy atom. The topological polar surface area (TPSA) is 54.0 Å². The molecule has 4 nitrogen and oxygen atoms in total. The third-order valence-electron chi connectivity index (χ3n) is 3.52. The Balaban J connectivity index is 2.15. The Bertz CT molecular complexity index is 484. The SMILES string of the molecule is CCCNc1cc(C(=O)NC2CCSC2)cc(C(C)C)n1. The second-order valence-corrected chi connectivity index (χ2v) is 6.93. The third-order valence-corrected chi connectivity index (χ3v) is 4.68. The van der Waals surface area contributed by atoms with Crippen LogP contribution >= 0.6 is 11.8 Å². The average molecular weight is 307 g/mol. The average Bonchev–Trinajstić information content (AvgIpc) is 2.97. The monoisotopic (exact) mass is 307 g/mol. The van der Waals surface area contributed by atoms with Crippen LogP contribution in [0.4, 0.5) is 5.82 Å². The number of anilines is 1. The molecule has 1 aliphatic heterocycles. The van der Waals surface area contributed by atoms with E-state index in [-0.39, 0.29) is 5.91 Å². The fourth-order valence-corrected chi connectivity index (χ4v) is 3.39. The molecule has 1 amide bonds. The molecular weight excluding hydrogens is 282 g/mol. The molecule has 2 heterocycles. The lowest BCUT2D eigenvalue weighted by molar-refractivity contribution is 0.0941. The maximum atomic E-state index is 12.4. The first-order valence-corrected chi connectivity index (χ1v) is 8.90. The van der Waals surface area contributed by atoms with E-state index in [1.807, 2.05) is 23.9 Å². The number of nitrogens with one attached hydrogen (secondary N) is 2. The molecule has 1 saturated heterocycles. The number of carbonyl (C=O) groups excluding carboxylic acids is 1. The molecule has 1 unspecified atom stereocenters. The van der Waals surface area contributed by atoms with Crippen molar-refractivity contribution in [2.75, 3.05) is 23.4 Å². The lowest BCUT2D eigenvalue weighted by Crippen LogP contribution is -2.34. The van der Waals surface area contributed by atoms with E-state index in [1.54, 1.807) is 0 Å². The van der Waals surface area contributed by atoms with Crippen LogP contribution < -0.4 is 10.6 Å². The Kier molecular flexibility index (Phi) is 5.91. The molecule has 116 valence electrons. The molecule has 1 aromatic heterocycles. The summed E-state index contributed by atoms with van der Waals surface area (Å²) < 4.78 is 0. The van der Waals surface area contributed by atoms with E-state index in [2.05, 4.69) is 36.4 Å². The van der Waals surface area contributed by atoms with Gasteiger partial charge in [0, 0.05) is 29.6 Å². The first-order chi connectivity index (χ1) is 10.1. The lowest BCUT2D eigenvalue weighted by atomic mass is 10.1. The van der Waals surface area contributed by atoms with E-state index in [0.717, 1.165) is 42.4 Å². The molecule has 0 radical (unpaired) electrons. The summed E-state index contributed by atoms with van der Waals surface area (Å²) in [7, 11) is 0. The summed E-state index contributed by atoms with van der Waals surface area (Å²) in [5, 5.41) is 6.41. The molecule has 1 fully saturated rings. The minimum atomic E-state index is 0.0198. The zero-order valence-corrected chi connectivity index (χ0v) is 13.9. The molecule has 0 aliphatic carbocycles. The van der Waals surface area contributed by atoms with Gasteiger partial charge in [0.25, 0.3) is 5.91 Å². The molecular formula is C16H25N3OS. The highest BCUT2D eigenvalue weighted by molar-refractivity contribution is 7.99. The number of hydrogen-bond acceptors (Lipinski definition) is 4. The van der Waals surface area contributed by atoms with Crippen molar-refractivity contribution in [2.24, 2.45) is 0 Å². The molecule has 0 spiro atoms. The number of thioether (sulfide) groups is 1. The molecule has 5 heteroatoms. The van der Waals surface area contributed by atoms with Crippen molar-refractivity contribution in [3.05, 3.63) is 23.4 Å². The van der Waals surface area contributed by atoms with E-state index in [1.165, 1.54) is 0 Å².